The largest absolute Gasteiger partial charge is 0.497 e. The highest BCUT2D eigenvalue weighted by atomic mass is 32.2. The maximum Gasteiger partial charge on any atom is 0.352 e. The second-order valence-electron chi connectivity index (χ2n) is 7.28. The van der Waals surface area contributed by atoms with Crippen LogP contribution < -0.4 is 4.74 Å². The van der Waals surface area contributed by atoms with Gasteiger partial charge < -0.3 is 9.64 Å². The van der Waals surface area contributed by atoms with Gasteiger partial charge in [-0.25, -0.2) is 9.00 Å². The predicted molar refractivity (Wildman–Crippen MR) is 99.1 cm³/mol. The van der Waals surface area contributed by atoms with Gasteiger partial charge in [-0.3, -0.25) is 0 Å². The van der Waals surface area contributed by atoms with Crippen LogP contribution in [0.15, 0.2) is 33.5 Å². The van der Waals surface area contributed by atoms with E-state index in [9.17, 15) is 9.00 Å². The van der Waals surface area contributed by atoms with E-state index >= 15 is 0 Å². The third-order valence-corrected chi connectivity index (χ3v) is 6.73. The molecule has 1 aromatic carbocycles. The highest BCUT2D eigenvalue weighted by Gasteiger charge is 2.32. The van der Waals surface area contributed by atoms with E-state index in [1.165, 1.54) is 0 Å². The molecule has 6 heteroatoms. The molecule has 0 heterocycles. The lowest BCUT2D eigenvalue weighted by Crippen LogP contribution is -2.41. The van der Waals surface area contributed by atoms with Crippen molar-refractivity contribution in [3.63, 3.8) is 0 Å². The van der Waals surface area contributed by atoms with Crippen molar-refractivity contribution in [2.75, 3.05) is 7.11 Å². The molecule has 1 atom stereocenters. The number of carbonyl (C=O) groups excluding carboxylic acids is 1. The fourth-order valence-corrected chi connectivity index (χ4v) is 4.40. The van der Waals surface area contributed by atoms with E-state index in [0.717, 1.165) is 0 Å². The quantitative estimate of drug-likeness (QED) is 0.796. The third kappa shape index (κ3) is 4.29. The number of urea groups is 1. The summed E-state index contributed by atoms with van der Waals surface area (Å²) in [5.74, 6) is 0.673. The highest BCUT2D eigenvalue weighted by molar-refractivity contribution is 7.95. The standard InChI is InChI=1S/C18H30N2O3S/c1-13(2)20(14(3)4)17(21)19-24(22,18(5,6)7)16-11-9-15(23-8)10-12-16/h9-14H,1-8H3/t24-/m0/s1. The Hall–Kier alpha value is -1.56. The number of hydrogen-bond donors (Lipinski definition) is 0. The molecule has 1 rings (SSSR count). The lowest BCUT2D eigenvalue weighted by Gasteiger charge is -2.31. The maximum atomic E-state index is 13.7. The van der Waals surface area contributed by atoms with Gasteiger partial charge >= 0.3 is 6.03 Å². The van der Waals surface area contributed by atoms with E-state index in [1.807, 2.05) is 48.5 Å². The summed E-state index contributed by atoms with van der Waals surface area (Å²) in [6.45, 7) is 13.2. The van der Waals surface area contributed by atoms with Gasteiger partial charge in [-0.15, -0.1) is 4.36 Å². The zero-order valence-electron chi connectivity index (χ0n) is 16.0. The van der Waals surface area contributed by atoms with E-state index in [1.54, 1.807) is 36.3 Å². The van der Waals surface area contributed by atoms with Crippen molar-refractivity contribution in [2.45, 2.75) is 70.2 Å². The normalized spacial score (nSPS) is 14.4. The van der Waals surface area contributed by atoms with Gasteiger partial charge in [0.25, 0.3) is 0 Å². The molecule has 1 aromatic rings. The molecule has 0 unspecified atom stereocenters. The van der Waals surface area contributed by atoms with Crippen LogP contribution in [0.2, 0.25) is 0 Å². The van der Waals surface area contributed by atoms with E-state index in [-0.39, 0.29) is 12.1 Å². The molecule has 24 heavy (non-hydrogen) atoms. The zero-order valence-corrected chi connectivity index (χ0v) is 16.8. The monoisotopic (exact) mass is 354 g/mol. The number of benzene rings is 1. The van der Waals surface area contributed by atoms with Crippen LogP contribution in [0.4, 0.5) is 4.79 Å². The lowest BCUT2D eigenvalue weighted by atomic mass is 10.2. The Morgan fingerprint density at radius 2 is 1.54 bits per heavy atom. The molecule has 0 aliphatic carbocycles. The second-order valence-corrected chi connectivity index (χ2v) is 10.2. The molecule has 5 nitrogen and oxygen atoms in total. The van der Waals surface area contributed by atoms with Crippen LogP contribution in [-0.2, 0) is 9.73 Å². The lowest BCUT2D eigenvalue weighted by molar-refractivity contribution is 0.175. The SMILES string of the molecule is COc1ccc([S@@](=O)(=NC(=O)N(C(C)C)C(C)C)C(C)(C)C)cc1. The third-order valence-electron chi connectivity index (χ3n) is 3.75. The highest BCUT2D eigenvalue weighted by Crippen LogP contribution is 2.29. The average Bonchev–Trinajstić information content (AvgIpc) is 2.45. The van der Waals surface area contributed by atoms with Crippen LogP contribution in [0.1, 0.15) is 48.5 Å². The van der Waals surface area contributed by atoms with Crippen molar-refractivity contribution in [3.8, 4) is 5.75 Å². The topological polar surface area (TPSA) is 59.0 Å². The molecule has 0 N–H and O–H groups in total. The van der Waals surface area contributed by atoms with Crippen molar-refractivity contribution in [1.29, 1.82) is 0 Å². The first-order chi connectivity index (χ1) is 10.9. The fraction of sp³-hybridized carbons (Fsp3) is 0.611. The van der Waals surface area contributed by atoms with Crippen molar-refractivity contribution in [3.05, 3.63) is 24.3 Å². The Bertz CT molecular complexity index is 671. The molecule has 0 saturated heterocycles. The maximum absolute atomic E-state index is 13.7. The van der Waals surface area contributed by atoms with Gasteiger partial charge in [0.15, 0.2) is 0 Å². The first kappa shape index (κ1) is 20.5. The van der Waals surface area contributed by atoms with Gasteiger partial charge in [0.1, 0.15) is 5.75 Å². The van der Waals surface area contributed by atoms with Crippen LogP contribution in [0.25, 0.3) is 0 Å². The summed E-state index contributed by atoms with van der Waals surface area (Å²) >= 11 is 0. The Kier molecular flexibility index (Phi) is 6.45. The van der Waals surface area contributed by atoms with Gasteiger partial charge in [-0.05, 0) is 72.7 Å². The summed E-state index contributed by atoms with van der Waals surface area (Å²) in [4.78, 5) is 14.9. The van der Waals surface area contributed by atoms with Crippen molar-refractivity contribution in [2.24, 2.45) is 4.36 Å². The van der Waals surface area contributed by atoms with Gasteiger partial charge in [-0.2, -0.15) is 0 Å². The van der Waals surface area contributed by atoms with Crippen LogP contribution >= 0.6 is 0 Å². The van der Waals surface area contributed by atoms with Gasteiger partial charge in [0.2, 0.25) is 0 Å². The Morgan fingerprint density at radius 1 is 1.08 bits per heavy atom. The molecular formula is C18H30N2O3S. The number of amides is 2. The first-order valence-corrected chi connectivity index (χ1v) is 9.68. The van der Waals surface area contributed by atoms with Crippen molar-refractivity contribution < 1.29 is 13.7 Å². The van der Waals surface area contributed by atoms with Crippen LogP contribution in [0.3, 0.4) is 0 Å². The van der Waals surface area contributed by atoms with Crippen LogP contribution in [0.5, 0.6) is 5.75 Å². The second kappa shape index (κ2) is 7.55. The molecule has 0 aliphatic rings. The average molecular weight is 355 g/mol. The number of carbonyl (C=O) groups is 1. The smallest absolute Gasteiger partial charge is 0.352 e. The molecule has 0 spiro atoms. The first-order valence-electron chi connectivity index (χ1n) is 8.17. The zero-order chi connectivity index (χ0) is 18.7. The predicted octanol–water partition coefficient (Wildman–Crippen LogP) is 4.56. The minimum Gasteiger partial charge on any atom is -0.497 e. The minimum absolute atomic E-state index is 0.0132. The Morgan fingerprint density at radius 3 is 1.88 bits per heavy atom. The summed E-state index contributed by atoms with van der Waals surface area (Å²) in [6, 6.07) is 6.46. The van der Waals surface area contributed by atoms with E-state index < -0.39 is 20.5 Å². The summed E-state index contributed by atoms with van der Waals surface area (Å²) in [5.41, 5.74) is 0. The van der Waals surface area contributed by atoms with E-state index in [2.05, 4.69) is 4.36 Å². The molecule has 0 aliphatic heterocycles. The fourth-order valence-electron chi connectivity index (χ4n) is 2.50. The molecular weight excluding hydrogens is 324 g/mol. The molecule has 136 valence electrons. The van der Waals surface area contributed by atoms with Gasteiger partial charge in [0.05, 0.1) is 21.6 Å². The number of ether oxygens (including phenoxy) is 1. The van der Waals surface area contributed by atoms with Gasteiger partial charge in [0, 0.05) is 17.0 Å². The number of methoxy groups -OCH3 is 1. The Labute approximate surface area is 146 Å². The van der Waals surface area contributed by atoms with Crippen molar-refractivity contribution >= 4 is 15.8 Å². The summed E-state index contributed by atoms with van der Waals surface area (Å²) in [5, 5.41) is 0. The molecule has 0 radical (unpaired) electrons. The molecule has 2 amide bonds. The van der Waals surface area contributed by atoms with Crippen molar-refractivity contribution in [1.82, 2.24) is 4.90 Å². The summed E-state index contributed by atoms with van der Waals surface area (Å²) < 4.78 is 22.4. The van der Waals surface area contributed by atoms with E-state index in [0.29, 0.717) is 10.6 Å². The number of hydrogen-bond acceptors (Lipinski definition) is 3. The van der Waals surface area contributed by atoms with E-state index in [4.69, 9.17) is 4.74 Å². The molecule has 0 aromatic heterocycles. The molecule has 0 fully saturated rings. The Balaban J connectivity index is 3.50. The minimum atomic E-state index is -2.94. The van der Waals surface area contributed by atoms with Crippen LogP contribution in [0, 0.1) is 0 Å². The number of nitrogens with zero attached hydrogens (tertiary/aromatic N) is 2. The summed E-state index contributed by atoms with van der Waals surface area (Å²) in [6.07, 6.45) is 0. The van der Waals surface area contributed by atoms with Gasteiger partial charge in [-0.1, -0.05) is 0 Å². The van der Waals surface area contributed by atoms with Crippen LogP contribution in [-0.4, -0.2) is 39.1 Å². The number of rotatable bonds is 4. The molecule has 0 bridgehead atoms. The summed E-state index contributed by atoms with van der Waals surface area (Å²) in [7, 11) is -1.37. The molecule has 0 saturated carbocycles.